The maximum Gasteiger partial charge on any atom is 0.270 e. The highest BCUT2D eigenvalue weighted by molar-refractivity contribution is 7.12. The van der Waals surface area contributed by atoms with Crippen molar-refractivity contribution >= 4 is 23.2 Å². The van der Waals surface area contributed by atoms with Gasteiger partial charge in [-0.3, -0.25) is 9.69 Å². The number of nitrogens with zero attached hydrogens (tertiary/aromatic N) is 3. The number of rotatable bonds is 2. The molecule has 2 aromatic heterocycles. The lowest BCUT2D eigenvalue weighted by molar-refractivity contribution is 0.0985. The van der Waals surface area contributed by atoms with E-state index in [-0.39, 0.29) is 11.7 Å². The standard InChI is InChI=1S/C17H14FN3OS/c18-13-6-2-1-5-12(13)14-11-20-8-4-9-21(17(20)19-14)16(22)15-7-3-10-23-15/h1-3,5-7,10-11H,4,8-9H2. The van der Waals surface area contributed by atoms with Crippen LogP contribution in [-0.4, -0.2) is 22.0 Å². The van der Waals surface area contributed by atoms with Crippen LogP contribution in [0, 0.1) is 5.82 Å². The first kappa shape index (κ1) is 14.1. The molecule has 0 fully saturated rings. The molecule has 4 nitrogen and oxygen atoms in total. The number of carbonyl (C=O) groups excluding carboxylic acids is 1. The van der Waals surface area contributed by atoms with Crippen LogP contribution in [0.4, 0.5) is 10.3 Å². The smallest absolute Gasteiger partial charge is 0.270 e. The van der Waals surface area contributed by atoms with Gasteiger partial charge in [-0.15, -0.1) is 11.3 Å². The van der Waals surface area contributed by atoms with Gasteiger partial charge in [0.05, 0.1) is 10.6 Å². The summed E-state index contributed by atoms with van der Waals surface area (Å²) in [4.78, 5) is 19.5. The molecule has 23 heavy (non-hydrogen) atoms. The summed E-state index contributed by atoms with van der Waals surface area (Å²) in [7, 11) is 0. The number of carbonyl (C=O) groups is 1. The summed E-state index contributed by atoms with van der Waals surface area (Å²) < 4.78 is 15.9. The fraction of sp³-hybridized carbons (Fsp3) is 0.176. The average molecular weight is 327 g/mol. The van der Waals surface area contributed by atoms with Gasteiger partial charge in [-0.05, 0) is 30.0 Å². The first-order valence-electron chi connectivity index (χ1n) is 7.41. The molecule has 0 N–H and O–H groups in total. The second-order valence-corrected chi connectivity index (χ2v) is 6.33. The zero-order valence-electron chi connectivity index (χ0n) is 12.3. The number of thiophene rings is 1. The zero-order valence-corrected chi connectivity index (χ0v) is 13.1. The average Bonchev–Trinajstić information content (AvgIpc) is 3.23. The van der Waals surface area contributed by atoms with Crippen LogP contribution >= 0.6 is 11.3 Å². The van der Waals surface area contributed by atoms with Gasteiger partial charge in [0.2, 0.25) is 5.95 Å². The molecule has 0 bridgehead atoms. The lowest BCUT2D eigenvalue weighted by Crippen LogP contribution is -2.37. The Balaban J connectivity index is 1.75. The van der Waals surface area contributed by atoms with Gasteiger partial charge in [-0.2, -0.15) is 0 Å². The van der Waals surface area contributed by atoms with Gasteiger partial charge in [-0.25, -0.2) is 9.37 Å². The number of anilines is 1. The van der Waals surface area contributed by atoms with Crippen molar-refractivity contribution in [2.45, 2.75) is 13.0 Å². The van der Waals surface area contributed by atoms with E-state index in [1.54, 1.807) is 23.1 Å². The van der Waals surface area contributed by atoms with Crippen molar-refractivity contribution in [3.8, 4) is 11.3 Å². The summed E-state index contributed by atoms with van der Waals surface area (Å²) in [5.74, 6) is 0.235. The molecule has 3 heterocycles. The zero-order chi connectivity index (χ0) is 15.8. The van der Waals surface area contributed by atoms with Crippen molar-refractivity contribution in [2.24, 2.45) is 0 Å². The van der Waals surface area contributed by atoms with E-state index >= 15 is 0 Å². The van der Waals surface area contributed by atoms with Crippen LogP contribution in [0.3, 0.4) is 0 Å². The number of imidazole rings is 1. The quantitative estimate of drug-likeness (QED) is 0.718. The Kier molecular flexibility index (Phi) is 3.46. The van der Waals surface area contributed by atoms with Crippen molar-refractivity contribution in [1.82, 2.24) is 9.55 Å². The van der Waals surface area contributed by atoms with Crippen LogP contribution < -0.4 is 4.90 Å². The largest absolute Gasteiger partial charge is 0.316 e. The van der Waals surface area contributed by atoms with Crippen molar-refractivity contribution < 1.29 is 9.18 Å². The van der Waals surface area contributed by atoms with Crippen LogP contribution in [-0.2, 0) is 6.54 Å². The van der Waals surface area contributed by atoms with Crippen LogP contribution in [0.1, 0.15) is 16.1 Å². The molecule has 1 aromatic carbocycles. The molecule has 0 saturated heterocycles. The van der Waals surface area contributed by atoms with Crippen LogP contribution in [0.15, 0.2) is 48.0 Å². The first-order valence-corrected chi connectivity index (χ1v) is 8.29. The molecule has 1 aliphatic heterocycles. The first-order chi connectivity index (χ1) is 11.2. The lowest BCUT2D eigenvalue weighted by atomic mass is 10.1. The molecule has 0 atom stereocenters. The Morgan fingerprint density at radius 3 is 2.83 bits per heavy atom. The highest BCUT2D eigenvalue weighted by Crippen LogP contribution is 2.29. The molecule has 1 amide bonds. The summed E-state index contributed by atoms with van der Waals surface area (Å²) in [5.41, 5.74) is 1.02. The fourth-order valence-corrected chi connectivity index (χ4v) is 3.48. The minimum Gasteiger partial charge on any atom is -0.316 e. The second kappa shape index (κ2) is 5.62. The van der Waals surface area contributed by atoms with E-state index in [0.29, 0.717) is 28.6 Å². The molecule has 116 valence electrons. The van der Waals surface area contributed by atoms with Crippen LogP contribution in [0.2, 0.25) is 0 Å². The minimum absolute atomic E-state index is 0.0494. The molecule has 0 radical (unpaired) electrons. The minimum atomic E-state index is -0.306. The Labute approximate surface area is 136 Å². The third kappa shape index (κ3) is 2.45. The van der Waals surface area contributed by atoms with Crippen molar-refractivity contribution in [2.75, 3.05) is 11.4 Å². The third-order valence-corrected chi connectivity index (χ3v) is 4.76. The predicted molar refractivity (Wildman–Crippen MR) is 88.2 cm³/mol. The van der Waals surface area contributed by atoms with E-state index in [0.717, 1.165) is 13.0 Å². The van der Waals surface area contributed by atoms with Crippen molar-refractivity contribution in [3.63, 3.8) is 0 Å². The number of hydrogen-bond donors (Lipinski definition) is 0. The van der Waals surface area contributed by atoms with E-state index < -0.39 is 0 Å². The normalized spacial score (nSPS) is 13.9. The fourth-order valence-electron chi connectivity index (χ4n) is 2.81. The number of amides is 1. The van der Waals surface area contributed by atoms with E-state index in [1.165, 1.54) is 17.4 Å². The Bertz CT molecular complexity index is 857. The van der Waals surface area contributed by atoms with E-state index in [4.69, 9.17) is 0 Å². The van der Waals surface area contributed by atoms with Gasteiger partial charge in [0, 0.05) is 24.8 Å². The van der Waals surface area contributed by atoms with Gasteiger partial charge in [0.15, 0.2) is 0 Å². The summed E-state index contributed by atoms with van der Waals surface area (Å²) in [6, 6.07) is 10.2. The molecule has 4 rings (SSSR count). The topological polar surface area (TPSA) is 38.1 Å². The van der Waals surface area contributed by atoms with Gasteiger partial charge in [-0.1, -0.05) is 18.2 Å². The van der Waals surface area contributed by atoms with Crippen LogP contribution in [0.25, 0.3) is 11.3 Å². The molecule has 6 heteroatoms. The number of hydrogen-bond acceptors (Lipinski definition) is 3. The number of benzene rings is 1. The maximum atomic E-state index is 14.0. The third-order valence-electron chi connectivity index (χ3n) is 3.90. The number of fused-ring (bicyclic) bond motifs is 1. The van der Waals surface area contributed by atoms with E-state index in [2.05, 4.69) is 4.98 Å². The summed E-state index contributed by atoms with van der Waals surface area (Å²) in [6.45, 7) is 1.41. The SMILES string of the molecule is O=C(c1cccs1)N1CCCn2cc(-c3ccccc3F)nc21. The van der Waals surface area contributed by atoms with Crippen molar-refractivity contribution in [3.05, 3.63) is 58.7 Å². The Morgan fingerprint density at radius 2 is 2.04 bits per heavy atom. The molecular formula is C17H14FN3OS. The number of aromatic nitrogens is 2. The molecule has 0 spiro atoms. The second-order valence-electron chi connectivity index (χ2n) is 5.39. The molecular weight excluding hydrogens is 313 g/mol. The molecule has 3 aromatic rings. The van der Waals surface area contributed by atoms with Crippen molar-refractivity contribution in [1.29, 1.82) is 0 Å². The Morgan fingerprint density at radius 1 is 1.17 bits per heavy atom. The molecule has 0 saturated carbocycles. The maximum absolute atomic E-state index is 14.0. The molecule has 1 aliphatic rings. The highest BCUT2D eigenvalue weighted by atomic mass is 32.1. The molecule has 0 aliphatic carbocycles. The predicted octanol–water partition coefficient (Wildman–Crippen LogP) is 3.80. The van der Waals surface area contributed by atoms with Crippen LogP contribution in [0.5, 0.6) is 0 Å². The number of halogens is 1. The summed E-state index contributed by atoms with van der Waals surface area (Å²) >= 11 is 1.42. The Hall–Kier alpha value is -2.47. The number of aryl methyl sites for hydroxylation is 1. The van der Waals surface area contributed by atoms with Gasteiger partial charge in [0.1, 0.15) is 5.82 Å². The molecule has 0 unspecified atom stereocenters. The summed E-state index contributed by atoms with van der Waals surface area (Å²) in [6.07, 6.45) is 2.68. The monoisotopic (exact) mass is 327 g/mol. The van der Waals surface area contributed by atoms with Gasteiger partial charge >= 0.3 is 0 Å². The highest BCUT2D eigenvalue weighted by Gasteiger charge is 2.27. The summed E-state index contributed by atoms with van der Waals surface area (Å²) in [5, 5.41) is 1.88. The van der Waals surface area contributed by atoms with E-state index in [9.17, 15) is 9.18 Å². The lowest BCUT2D eigenvalue weighted by Gasteiger charge is -2.26. The van der Waals surface area contributed by atoms with Gasteiger partial charge < -0.3 is 4.57 Å². The van der Waals surface area contributed by atoms with Gasteiger partial charge in [0.25, 0.3) is 5.91 Å². The van der Waals surface area contributed by atoms with E-state index in [1.807, 2.05) is 28.3 Å².